The van der Waals surface area contributed by atoms with E-state index in [0.717, 1.165) is 25.9 Å². The van der Waals surface area contributed by atoms with Crippen molar-refractivity contribution in [2.24, 2.45) is 11.8 Å². The number of hydrogen-bond donors (Lipinski definition) is 0. The first kappa shape index (κ1) is 14.5. The smallest absolute Gasteiger partial charge is 0.309 e. The summed E-state index contributed by atoms with van der Waals surface area (Å²) in [4.78, 5) is 14.4. The van der Waals surface area contributed by atoms with Crippen molar-refractivity contribution in [2.45, 2.75) is 52.6 Å². The van der Waals surface area contributed by atoms with Crippen molar-refractivity contribution >= 4 is 5.97 Å². The van der Waals surface area contributed by atoms with Gasteiger partial charge in [0.1, 0.15) is 5.60 Å². The Morgan fingerprint density at radius 2 is 1.94 bits per heavy atom. The molecular formula is C14H27NO2. The van der Waals surface area contributed by atoms with Crippen molar-refractivity contribution < 1.29 is 9.53 Å². The maximum Gasteiger partial charge on any atom is 0.309 e. The van der Waals surface area contributed by atoms with Crippen LogP contribution in [-0.2, 0) is 9.53 Å². The molecule has 3 nitrogen and oxygen atoms in total. The molecule has 0 aromatic rings. The van der Waals surface area contributed by atoms with E-state index in [1.807, 2.05) is 27.7 Å². The Hall–Kier alpha value is -0.570. The van der Waals surface area contributed by atoms with Gasteiger partial charge in [-0.3, -0.25) is 4.79 Å². The zero-order valence-corrected chi connectivity index (χ0v) is 12.0. The molecule has 1 aliphatic rings. The summed E-state index contributed by atoms with van der Waals surface area (Å²) in [5.41, 5.74) is -0.368. The third-order valence-electron chi connectivity index (χ3n) is 3.48. The van der Waals surface area contributed by atoms with Crippen LogP contribution in [-0.4, -0.2) is 36.6 Å². The number of likely N-dealkylation sites (tertiary alicyclic amines) is 1. The lowest BCUT2D eigenvalue weighted by Crippen LogP contribution is -2.31. The zero-order valence-electron chi connectivity index (χ0n) is 12.0. The zero-order chi connectivity index (χ0) is 13.1. The molecule has 0 N–H and O–H groups in total. The van der Waals surface area contributed by atoms with Gasteiger partial charge in [0.05, 0.1) is 5.92 Å². The van der Waals surface area contributed by atoms with Gasteiger partial charge >= 0.3 is 5.97 Å². The lowest BCUT2D eigenvalue weighted by atomic mass is 9.87. The predicted molar refractivity (Wildman–Crippen MR) is 69.8 cm³/mol. The van der Waals surface area contributed by atoms with E-state index in [2.05, 4.69) is 11.9 Å². The van der Waals surface area contributed by atoms with Crippen molar-refractivity contribution in [3.63, 3.8) is 0 Å². The van der Waals surface area contributed by atoms with Gasteiger partial charge < -0.3 is 9.64 Å². The van der Waals surface area contributed by atoms with E-state index in [-0.39, 0.29) is 17.5 Å². The molecule has 0 aliphatic carbocycles. The first-order valence-electron chi connectivity index (χ1n) is 6.71. The highest BCUT2D eigenvalue weighted by Crippen LogP contribution is 2.26. The van der Waals surface area contributed by atoms with Gasteiger partial charge in [-0.05, 0) is 66.1 Å². The molecule has 3 heteroatoms. The number of carbonyl (C=O) groups is 1. The van der Waals surface area contributed by atoms with E-state index >= 15 is 0 Å². The molecule has 0 bridgehead atoms. The van der Waals surface area contributed by atoms with Crippen LogP contribution in [0, 0.1) is 11.8 Å². The summed E-state index contributed by atoms with van der Waals surface area (Å²) < 4.78 is 5.47. The second kappa shape index (κ2) is 5.85. The van der Waals surface area contributed by atoms with Crippen LogP contribution in [0.1, 0.15) is 47.0 Å². The molecule has 1 fully saturated rings. The molecule has 1 rings (SSSR count). The Kier molecular flexibility index (Phi) is 4.99. The monoisotopic (exact) mass is 241 g/mol. The first-order valence-corrected chi connectivity index (χ1v) is 6.71. The highest BCUT2D eigenvalue weighted by molar-refractivity contribution is 5.72. The highest BCUT2D eigenvalue weighted by Gasteiger charge is 2.29. The Morgan fingerprint density at radius 1 is 1.29 bits per heavy atom. The van der Waals surface area contributed by atoms with Gasteiger partial charge in [-0.15, -0.1) is 0 Å². The lowest BCUT2D eigenvalue weighted by Gasteiger charge is -2.26. The number of rotatable bonds is 2. The molecule has 100 valence electrons. The molecular weight excluding hydrogens is 214 g/mol. The molecule has 1 saturated heterocycles. The van der Waals surface area contributed by atoms with E-state index in [1.165, 1.54) is 6.42 Å². The van der Waals surface area contributed by atoms with Crippen LogP contribution in [0.3, 0.4) is 0 Å². The molecule has 0 aromatic carbocycles. The topological polar surface area (TPSA) is 29.5 Å². The van der Waals surface area contributed by atoms with E-state index in [0.29, 0.717) is 5.92 Å². The second-order valence-electron chi connectivity index (χ2n) is 6.32. The fraction of sp³-hybridized carbons (Fsp3) is 0.929. The Bertz CT molecular complexity index is 257. The third-order valence-corrected chi connectivity index (χ3v) is 3.48. The van der Waals surface area contributed by atoms with Crippen LogP contribution >= 0.6 is 0 Å². The van der Waals surface area contributed by atoms with Crippen LogP contribution in [0.5, 0.6) is 0 Å². The average Bonchev–Trinajstić information content (AvgIpc) is 2.39. The number of esters is 1. The van der Waals surface area contributed by atoms with Crippen LogP contribution in [0.15, 0.2) is 0 Å². The summed E-state index contributed by atoms with van der Waals surface area (Å²) in [6.45, 7) is 10.1. The second-order valence-corrected chi connectivity index (χ2v) is 6.32. The minimum Gasteiger partial charge on any atom is -0.460 e. The summed E-state index contributed by atoms with van der Waals surface area (Å²) in [5.74, 6) is 0.475. The largest absolute Gasteiger partial charge is 0.460 e. The summed E-state index contributed by atoms with van der Waals surface area (Å²) in [6.07, 6.45) is 3.44. The van der Waals surface area contributed by atoms with Gasteiger partial charge in [-0.25, -0.2) is 0 Å². The minimum atomic E-state index is -0.368. The van der Waals surface area contributed by atoms with Crippen molar-refractivity contribution in [3.8, 4) is 0 Å². The number of ether oxygens (including phenoxy) is 1. The van der Waals surface area contributed by atoms with Crippen LogP contribution in [0.25, 0.3) is 0 Å². The lowest BCUT2D eigenvalue weighted by molar-refractivity contribution is -0.161. The van der Waals surface area contributed by atoms with Crippen molar-refractivity contribution in [1.29, 1.82) is 0 Å². The molecule has 0 saturated carbocycles. The molecule has 1 heterocycles. The van der Waals surface area contributed by atoms with Crippen LogP contribution in [0.4, 0.5) is 0 Å². The molecule has 0 radical (unpaired) electrons. The third kappa shape index (κ3) is 5.07. The normalized spacial score (nSPS) is 25.1. The maximum atomic E-state index is 12.0. The Balaban J connectivity index is 2.51. The molecule has 17 heavy (non-hydrogen) atoms. The number of carbonyl (C=O) groups excluding carboxylic acids is 1. The van der Waals surface area contributed by atoms with Gasteiger partial charge in [0.15, 0.2) is 0 Å². The predicted octanol–water partition coefficient (Wildman–Crippen LogP) is 2.70. The molecule has 0 aromatic heterocycles. The fourth-order valence-corrected chi connectivity index (χ4v) is 2.35. The van der Waals surface area contributed by atoms with Crippen molar-refractivity contribution in [3.05, 3.63) is 0 Å². The average molecular weight is 241 g/mol. The summed E-state index contributed by atoms with van der Waals surface area (Å²) >= 11 is 0. The van der Waals surface area contributed by atoms with Gasteiger partial charge in [-0.1, -0.05) is 6.92 Å². The van der Waals surface area contributed by atoms with Gasteiger partial charge in [0.25, 0.3) is 0 Å². The van der Waals surface area contributed by atoms with Gasteiger partial charge in [-0.2, -0.15) is 0 Å². The number of nitrogens with zero attached hydrogens (tertiary/aromatic N) is 1. The SMILES string of the molecule is CC(C(=O)OC(C)(C)C)C1CCCN(C)CC1. The van der Waals surface area contributed by atoms with E-state index in [9.17, 15) is 4.79 Å². The Labute approximate surface area is 106 Å². The maximum absolute atomic E-state index is 12.0. The fourth-order valence-electron chi connectivity index (χ4n) is 2.35. The van der Waals surface area contributed by atoms with E-state index < -0.39 is 0 Å². The summed E-state index contributed by atoms with van der Waals surface area (Å²) in [5, 5.41) is 0. The van der Waals surface area contributed by atoms with Crippen molar-refractivity contribution in [1.82, 2.24) is 4.90 Å². The molecule has 2 unspecified atom stereocenters. The van der Waals surface area contributed by atoms with E-state index in [4.69, 9.17) is 4.74 Å². The summed E-state index contributed by atoms with van der Waals surface area (Å²) in [7, 11) is 2.15. The molecule has 0 amide bonds. The Morgan fingerprint density at radius 3 is 2.53 bits per heavy atom. The standard InChI is InChI=1S/C14H27NO2/c1-11(13(16)17-14(2,3)4)12-7-6-9-15(5)10-8-12/h11-12H,6-10H2,1-5H3. The van der Waals surface area contributed by atoms with E-state index in [1.54, 1.807) is 0 Å². The quantitative estimate of drug-likeness (QED) is 0.696. The minimum absolute atomic E-state index is 0.0284. The number of hydrogen-bond acceptors (Lipinski definition) is 3. The van der Waals surface area contributed by atoms with Gasteiger partial charge in [0.2, 0.25) is 0 Å². The molecule has 1 aliphatic heterocycles. The first-order chi connectivity index (χ1) is 7.79. The van der Waals surface area contributed by atoms with Gasteiger partial charge in [0, 0.05) is 0 Å². The van der Waals surface area contributed by atoms with Crippen molar-refractivity contribution in [2.75, 3.05) is 20.1 Å². The molecule has 0 spiro atoms. The van der Waals surface area contributed by atoms with Crippen LogP contribution in [0.2, 0.25) is 0 Å². The summed E-state index contributed by atoms with van der Waals surface area (Å²) in [6, 6.07) is 0. The highest BCUT2D eigenvalue weighted by atomic mass is 16.6. The van der Waals surface area contributed by atoms with Crippen LogP contribution < -0.4 is 0 Å². The molecule has 2 atom stereocenters.